The first kappa shape index (κ1) is 26.5. The number of benzene rings is 1. The highest BCUT2D eigenvalue weighted by Crippen LogP contribution is 2.03. The van der Waals surface area contributed by atoms with Gasteiger partial charge < -0.3 is 37.0 Å². The predicted molar refractivity (Wildman–Crippen MR) is 111 cm³/mol. The summed E-state index contributed by atoms with van der Waals surface area (Å²) >= 11 is 0. The molecule has 8 N–H and O–H groups in total. The number of carbonyl (C=O) groups is 5. The van der Waals surface area contributed by atoms with E-state index in [1.165, 1.54) is 6.92 Å². The molecule has 0 radical (unpaired) electrons. The Balaban J connectivity index is 2.75. The molecule has 0 saturated carbocycles. The highest BCUT2D eigenvalue weighted by Gasteiger charge is 2.32. The number of nitrogens with two attached hydrogens (primary N) is 1. The van der Waals surface area contributed by atoms with Gasteiger partial charge in [-0.05, 0) is 25.8 Å². The van der Waals surface area contributed by atoms with Crippen molar-refractivity contribution >= 4 is 29.7 Å². The van der Waals surface area contributed by atoms with Crippen molar-refractivity contribution in [1.82, 2.24) is 16.0 Å². The van der Waals surface area contributed by atoms with Crippen molar-refractivity contribution in [2.24, 2.45) is 5.73 Å². The van der Waals surface area contributed by atoms with Crippen LogP contribution in [0.15, 0.2) is 30.3 Å². The fraction of sp³-hybridized carbons (Fsp3) is 0.450. The van der Waals surface area contributed by atoms with Crippen LogP contribution in [0.3, 0.4) is 0 Å². The first-order valence-electron chi connectivity index (χ1n) is 9.75. The molecule has 1 aromatic carbocycles. The average Bonchev–Trinajstić information content (AvgIpc) is 2.70. The maximum atomic E-state index is 12.4. The summed E-state index contributed by atoms with van der Waals surface area (Å²) in [5, 5.41) is 34.0. The molecule has 0 saturated heterocycles. The van der Waals surface area contributed by atoms with Gasteiger partial charge in [-0.1, -0.05) is 30.3 Å². The standard InChI is InChI=1S/C20H28N4O8/c1-10(22-18(29)13(21)8-12-6-4-3-5-7-12)17(28)23-14(9-15(26)27)19(30)24-16(11(2)25)20(31)32/h3-7,10-11,13-14,16,25H,8-9,21H2,1-2H3,(H,22,29)(H,23,28)(H,24,30)(H,26,27)(H,31,32). The minimum atomic E-state index is -1.70. The first-order valence-corrected chi connectivity index (χ1v) is 9.75. The van der Waals surface area contributed by atoms with Crippen LogP contribution < -0.4 is 21.7 Å². The van der Waals surface area contributed by atoms with E-state index in [9.17, 15) is 29.1 Å². The number of rotatable bonds is 12. The zero-order chi connectivity index (χ0) is 24.4. The Bertz CT molecular complexity index is 830. The van der Waals surface area contributed by atoms with Crippen molar-refractivity contribution in [3.8, 4) is 0 Å². The van der Waals surface area contributed by atoms with E-state index in [1.54, 1.807) is 24.3 Å². The molecule has 0 aromatic heterocycles. The summed E-state index contributed by atoms with van der Waals surface area (Å²) in [6, 6.07) is 3.50. The molecule has 0 fully saturated rings. The molecule has 12 heteroatoms. The van der Waals surface area contributed by atoms with Crippen molar-refractivity contribution < 1.29 is 39.3 Å². The van der Waals surface area contributed by atoms with Gasteiger partial charge in [0.05, 0.1) is 18.6 Å². The SMILES string of the molecule is CC(NC(=O)C(N)Cc1ccccc1)C(=O)NC(CC(=O)O)C(=O)NC(C(=O)O)C(C)O. The largest absolute Gasteiger partial charge is 0.481 e. The zero-order valence-electron chi connectivity index (χ0n) is 17.6. The minimum Gasteiger partial charge on any atom is -0.481 e. The van der Waals surface area contributed by atoms with Gasteiger partial charge >= 0.3 is 11.9 Å². The maximum Gasteiger partial charge on any atom is 0.328 e. The van der Waals surface area contributed by atoms with Crippen LogP contribution in [0.25, 0.3) is 0 Å². The Morgan fingerprint density at radius 2 is 1.50 bits per heavy atom. The van der Waals surface area contributed by atoms with Crippen molar-refractivity contribution in [2.75, 3.05) is 0 Å². The lowest BCUT2D eigenvalue weighted by Gasteiger charge is -2.23. The Morgan fingerprint density at radius 3 is 2.00 bits per heavy atom. The molecule has 12 nitrogen and oxygen atoms in total. The van der Waals surface area contributed by atoms with E-state index in [0.29, 0.717) is 0 Å². The zero-order valence-corrected chi connectivity index (χ0v) is 17.6. The normalized spacial score (nSPS) is 15.4. The Hall–Kier alpha value is -3.51. The number of hydrogen-bond acceptors (Lipinski definition) is 7. The summed E-state index contributed by atoms with van der Waals surface area (Å²) in [5.74, 6) is -5.60. The molecule has 0 bridgehead atoms. The van der Waals surface area contributed by atoms with Crippen LogP contribution in [0.2, 0.25) is 0 Å². The van der Waals surface area contributed by atoms with Crippen LogP contribution in [0, 0.1) is 0 Å². The molecular formula is C20H28N4O8. The molecule has 0 aliphatic carbocycles. The summed E-state index contributed by atoms with van der Waals surface area (Å²) in [6.45, 7) is 2.44. The van der Waals surface area contributed by atoms with E-state index < -0.39 is 66.4 Å². The van der Waals surface area contributed by atoms with Gasteiger partial charge in [-0.3, -0.25) is 19.2 Å². The molecule has 0 heterocycles. The number of carboxylic acids is 2. The average molecular weight is 452 g/mol. The maximum absolute atomic E-state index is 12.4. The van der Waals surface area contributed by atoms with Crippen LogP contribution in [-0.2, 0) is 30.4 Å². The molecule has 1 rings (SSSR count). The monoisotopic (exact) mass is 452 g/mol. The van der Waals surface area contributed by atoms with E-state index in [4.69, 9.17) is 15.9 Å². The van der Waals surface area contributed by atoms with Gasteiger partial charge in [-0.2, -0.15) is 0 Å². The minimum absolute atomic E-state index is 0.223. The van der Waals surface area contributed by atoms with E-state index in [0.717, 1.165) is 12.5 Å². The van der Waals surface area contributed by atoms with Crippen molar-refractivity contribution in [3.63, 3.8) is 0 Å². The lowest BCUT2D eigenvalue weighted by atomic mass is 10.1. The van der Waals surface area contributed by atoms with Crippen LogP contribution >= 0.6 is 0 Å². The third-order valence-corrected chi connectivity index (χ3v) is 4.45. The second-order valence-electron chi connectivity index (χ2n) is 7.25. The van der Waals surface area contributed by atoms with Crippen LogP contribution in [0.5, 0.6) is 0 Å². The molecule has 5 unspecified atom stereocenters. The number of hydrogen-bond donors (Lipinski definition) is 7. The predicted octanol–water partition coefficient (Wildman–Crippen LogP) is -2.03. The van der Waals surface area contributed by atoms with Crippen molar-refractivity contribution in [3.05, 3.63) is 35.9 Å². The number of carboxylic acid groups (broad SMARTS) is 2. The lowest BCUT2D eigenvalue weighted by molar-refractivity contribution is -0.146. The smallest absolute Gasteiger partial charge is 0.328 e. The summed E-state index contributed by atoms with van der Waals surface area (Å²) in [5.41, 5.74) is 6.68. The van der Waals surface area contributed by atoms with Gasteiger partial charge in [0.2, 0.25) is 17.7 Å². The molecule has 3 amide bonds. The van der Waals surface area contributed by atoms with E-state index in [2.05, 4.69) is 10.6 Å². The molecule has 0 spiro atoms. The quantitative estimate of drug-likeness (QED) is 0.186. The second-order valence-corrected chi connectivity index (χ2v) is 7.25. The third-order valence-electron chi connectivity index (χ3n) is 4.45. The first-order chi connectivity index (χ1) is 14.9. The molecular weight excluding hydrogens is 424 g/mol. The Kier molecular flexibility index (Phi) is 10.3. The van der Waals surface area contributed by atoms with Gasteiger partial charge in [0.15, 0.2) is 6.04 Å². The fourth-order valence-corrected chi connectivity index (χ4v) is 2.67. The topological polar surface area (TPSA) is 208 Å². The highest BCUT2D eigenvalue weighted by atomic mass is 16.4. The Morgan fingerprint density at radius 1 is 0.906 bits per heavy atom. The van der Waals surface area contributed by atoms with Crippen LogP contribution in [-0.4, -0.2) is 75.3 Å². The van der Waals surface area contributed by atoms with Gasteiger partial charge in [-0.15, -0.1) is 0 Å². The molecule has 0 aliphatic heterocycles. The molecule has 176 valence electrons. The molecule has 5 atom stereocenters. The van der Waals surface area contributed by atoms with Crippen molar-refractivity contribution in [2.45, 2.75) is 57.0 Å². The third kappa shape index (κ3) is 8.70. The van der Waals surface area contributed by atoms with E-state index in [-0.39, 0.29) is 6.42 Å². The number of amides is 3. The summed E-state index contributed by atoms with van der Waals surface area (Å²) in [7, 11) is 0. The number of nitrogens with one attached hydrogen (secondary N) is 3. The van der Waals surface area contributed by atoms with Gasteiger partial charge in [0, 0.05) is 0 Å². The van der Waals surface area contributed by atoms with Gasteiger partial charge in [-0.25, -0.2) is 4.79 Å². The molecule has 32 heavy (non-hydrogen) atoms. The molecule has 0 aliphatic rings. The van der Waals surface area contributed by atoms with E-state index in [1.807, 2.05) is 11.4 Å². The number of carbonyl (C=O) groups excluding carboxylic acids is 3. The van der Waals surface area contributed by atoms with Gasteiger partial charge in [0.1, 0.15) is 12.1 Å². The van der Waals surface area contributed by atoms with Crippen molar-refractivity contribution in [1.29, 1.82) is 0 Å². The number of aliphatic carboxylic acids is 2. The summed E-state index contributed by atoms with van der Waals surface area (Å²) in [6.07, 6.45) is -2.10. The van der Waals surface area contributed by atoms with Crippen LogP contribution in [0.4, 0.5) is 0 Å². The summed E-state index contributed by atoms with van der Waals surface area (Å²) in [4.78, 5) is 59.2. The second kappa shape index (κ2) is 12.4. The van der Waals surface area contributed by atoms with Gasteiger partial charge in [0.25, 0.3) is 0 Å². The number of aliphatic hydroxyl groups is 1. The molecule has 1 aromatic rings. The van der Waals surface area contributed by atoms with E-state index >= 15 is 0 Å². The Labute approximate surface area is 184 Å². The van der Waals surface area contributed by atoms with Crippen LogP contribution in [0.1, 0.15) is 25.8 Å². The highest BCUT2D eigenvalue weighted by molar-refractivity contribution is 5.95. The summed E-state index contributed by atoms with van der Waals surface area (Å²) < 4.78 is 0. The fourth-order valence-electron chi connectivity index (χ4n) is 2.67. The number of aliphatic hydroxyl groups excluding tert-OH is 1. The lowest BCUT2D eigenvalue weighted by Crippen LogP contribution is -2.58.